The fraction of sp³-hybridized carbons (Fsp3) is 0.636. The van der Waals surface area contributed by atoms with E-state index in [0.717, 1.165) is 0 Å². The Morgan fingerprint density at radius 3 is 2.63 bits per heavy atom. The van der Waals surface area contributed by atoms with E-state index in [1.165, 1.54) is 21.4 Å². The number of sulfonamides is 1. The fourth-order valence-electron chi connectivity index (χ4n) is 1.63. The first-order valence-electron chi connectivity index (χ1n) is 6.00. The van der Waals surface area contributed by atoms with Crippen molar-refractivity contribution >= 4 is 27.2 Å². The number of thiocarbonyl (C=S) groups is 1. The highest BCUT2D eigenvalue weighted by Crippen LogP contribution is 2.16. The Kier molecular flexibility index (Phi) is 5.45. The third kappa shape index (κ3) is 4.55. The van der Waals surface area contributed by atoms with E-state index >= 15 is 0 Å². The highest BCUT2D eigenvalue weighted by molar-refractivity contribution is 7.89. The van der Waals surface area contributed by atoms with Crippen LogP contribution in [0.2, 0.25) is 0 Å². The lowest BCUT2D eigenvalue weighted by Crippen LogP contribution is -2.36. The highest BCUT2D eigenvalue weighted by atomic mass is 32.2. The molecule has 1 aromatic rings. The van der Waals surface area contributed by atoms with Crippen LogP contribution in [-0.2, 0) is 17.1 Å². The second-order valence-electron chi connectivity index (χ2n) is 4.82. The highest BCUT2D eigenvalue weighted by Gasteiger charge is 2.26. The first kappa shape index (κ1) is 16.1. The van der Waals surface area contributed by atoms with Crippen molar-refractivity contribution in [3.63, 3.8) is 0 Å². The first-order valence-corrected chi connectivity index (χ1v) is 7.85. The van der Waals surface area contributed by atoms with Crippen LogP contribution in [0, 0.1) is 5.92 Å². The van der Waals surface area contributed by atoms with Crippen LogP contribution in [0.3, 0.4) is 0 Å². The molecule has 0 atom stereocenters. The van der Waals surface area contributed by atoms with Gasteiger partial charge in [-0.2, -0.15) is 9.40 Å². The first-order chi connectivity index (χ1) is 8.73. The van der Waals surface area contributed by atoms with Gasteiger partial charge in [-0.25, -0.2) is 8.42 Å². The summed E-state index contributed by atoms with van der Waals surface area (Å²) in [6, 6.07) is 0. The fourth-order valence-corrected chi connectivity index (χ4v) is 3.31. The standard InChI is InChI=1S/C11H20N4O2S2/c1-9(2)7-15(5-4-11(12)18)19(16,17)10-6-13-14(3)8-10/h6,8-9H,4-5,7H2,1-3H3,(H2,12,18). The quantitative estimate of drug-likeness (QED) is 0.752. The molecule has 0 unspecified atom stereocenters. The van der Waals surface area contributed by atoms with Crippen LogP contribution in [0.25, 0.3) is 0 Å². The third-order valence-electron chi connectivity index (χ3n) is 2.50. The number of nitrogens with two attached hydrogens (primary N) is 1. The molecule has 0 fully saturated rings. The molecule has 0 aliphatic carbocycles. The zero-order valence-electron chi connectivity index (χ0n) is 11.4. The van der Waals surface area contributed by atoms with Crippen molar-refractivity contribution in [3.8, 4) is 0 Å². The summed E-state index contributed by atoms with van der Waals surface area (Å²) in [6.07, 6.45) is 3.22. The van der Waals surface area contributed by atoms with Gasteiger partial charge in [0.05, 0.1) is 11.2 Å². The predicted molar refractivity (Wildman–Crippen MR) is 78.2 cm³/mol. The van der Waals surface area contributed by atoms with Crippen molar-refractivity contribution in [2.24, 2.45) is 18.7 Å². The second-order valence-corrected chi connectivity index (χ2v) is 7.29. The molecule has 2 N–H and O–H groups in total. The number of nitrogens with zero attached hydrogens (tertiary/aromatic N) is 3. The van der Waals surface area contributed by atoms with Gasteiger partial charge in [0.15, 0.2) is 0 Å². The maximum atomic E-state index is 12.5. The molecule has 0 aliphatic rings. The molecule has 0 bridgehead atoms. The lowest BCUT2D eigenvalue weighted by atomic mass is 10.2. The van der Waals surface area contributed by atoms with Crippen molar-refractivity contribution in [1.82, 2.24) is 14.1 Å². The molecule has 0 spiro atoms. The van der Waals surface area contributed by atoms with Gasteiger partial charge < -0.3 is 5.73 Å². The minimum absolute atomic E-state index is 0.193. The van der Waals surface area contributed by atoms with Gasteiger partial charge in [-0.1, -0.05) is 26.1 Å². The maximum Gasteiger partial charge on any atom is 0.246 e. The lowest BCUT2D eigenvalue weighted by molar-refractivity contribution is 0.374. The van der Waals surface area contributed by atoms with E-state index < -0.39 is 10.0 Å². The molecular formula is C11H20N4O2S2. The van der Waals surface area contributed by atoms with E-state index in [0.29, 0.717) is 24.5 Å². The van der Waals surface area contributed by atoms with Gasteiger partial charge in [-0.3, -0.25) is 4.68 Å². The predicted octanol–water partition coefficient (Wildman–Crippen LogP) is 0.743. The maximum absolute atomic E-state index is 12.5. The summed E-state index contributed by atoms with van der Waals surface area (Å²) in [4.78, 5) is 0.508. The minimum atomic E-state index is -3.54. The summed E-state index contributed by atoms with van der Waals surface area (Å²) in [6.45, 7) is 4.66. The van der Waals surface area contributed by atoms with Crippen molar-refractivity contribution < 1.29 is 8.42 Å². The Labute approximate surface area is 119 Å². The Morgan fingerprint density at radius 1 is 1.58 bits per heavy atom. The van der Waals surface area contributed by atoms with E-state index in [1.54, 1.807) is 7.05 Å². The number of rotatable bonds is 7. The van der Waals surface area contributed by atoms with Gasteiger partial charge in [-0.15, -0.1) is 0 Å². The molecule has 1 aromatic heterocycles. The van der Waals surface area contributed by atoms with Gasteiger partial charge in [0.2, 0.25) is 10.0 Å². The summed E-state index contributed by atoms with van der Waals surface area (Å²) < 4.78 is 27.8. The van der Waals surface area contributed by atoms with Crippen LogP contribution in [0.5, 0.6) is 0 Å². The van der Waals surface area contributed by atoms with Crippen LogP contribution in [0.1, 0.15) is 20.3 Å². The van der Waals surface area contributed by atoms with Crippen molar-refractivity contribution in [2.75, 3.05) is 13.1 Å². The molecule has 108 valence electrons. The van der Waals surface area contributed by atoms with Crippen molar-refractivity contribution in [3.05, 3.63) is 12.4 Å². The molecule has 0 aliphatic heterocycles. The van der Waals surface area contributed by atoms with Gasteiger partial charge in [0.25, 0.3) is 0 Å². The smallest absolute Gasteiger partial charge is 0.246 e. The molecule has 1 heterocycles. The van der Waals surface area contributed by atoms with E-state index in [9.17, 15) is 8.42 Å². The Morgan fingerprint density at radius 2 is 2.21 bits per heavy atom. The summed E-state index contributed by atoms with van der Waals surface area (Å²) in [7, 11) is -1.85. The van der Waals surface area contributed by atoms with E-state index in [4.69, 9.17) is 18.0 Å². The molecule has 0 radical (unpaired) electrons. The summed E-state index contributed by atoms with van der Waals surface area (Å²) in [5.41, 5.74) is 5.45. The topological polar surface area (TPSA) is 81.2 Å². The van der Waals surface area contributed by atoms with Crippen LogP contribution in [-0.4, -0.2) is 40.6 Å². The third-order valence-corrected chi connectivity index (χ3v) is 4.52. The normalized spacial score (nSPS) is 12.3. The minimum Gasteiger partial charge on any atom is -0.393 e. The van der Waals surface area contributed by atoms with Crippen molar-refractivity contribution in [1.29, 1.82) is 0 Å². The monoisotopic (exact) mass is 304 g/mol. The van der Waals surface area contributed by atoms with E-state index in [1.807, 2.05) is 13.8 Å². The molecule has 1 rings (SSSR count). The molecule has 8 heteroatoms. The largest absolute Gasteiger partial charge is 0.393 e. The van der Waals surface area contributed by atoms with E-state index in [-0.39, 0.29) is 10.8 Å². The number of hydrogen-bond donors (Lipinski definition) is 1. The molecule has 0 amide bonds. The number of aromatic nitrogens is 2. The Balaban J connectivity index is 2.98. The summed E-state index contributed by atoms with van der Waals surface area (Å²) in [5, 5.41) is 3.90. The van der Waals surface area contributed by atoms with Crippen LogP contribution >= 0.6 is 12.2 Å². The van der Waals surface area contributed by atoms with Gasteiger partial charge in [0, 0.05) is 32.8 Å². The number of hydrogen-bond acceptors (Lipinski definition) is 4. The average molecular weight is 304 g/mol. The van der Waals surface area contributed by atoms with Gasteiger partial charge >= 0.3 is 0 Å². The number of aryl methyl sites for hydroxylation is 1. The zero-order chi connectivity index (χ0) is 14.6. The zero-order valence-corrected chi connectivity index (χ0v) is 13.0. The van der Waals surface area contributed by atoms with E-state index in [2.05, 4.69) is 5.10 Å². The molecule has 0 aromatic carbocycles. The Hall–Kier alpha value is -0.990. The molecule has 6 nitrogen and oxygen atoms in total. The molecule has 19 heavy (non-hydrogen) atoms. The SMILES string of the molecule is CC(C)CN(CCC(N)=S)S(=O)(=O)c1cnn(C)c1. The van der Waals surface area contributed by atoms with Gasteiger partial charge in [-0.05, 0) is 5.92 Å². The molecule has 0 saturated carbocycles. The average Bonchev–Trinajstić information content (AvgIpc) is 2.70. The summed E-state index contributed by atoms with van der Waals surface area (Å²) >= 11 is 4.81. The van der Waals surface area contributed by atoms with Crippen LogP contribution < -0.4 is 5.73 Å². The van der Waals surface area contributed by atoms with Gasteiger partial charge in [0.1, 0.15) is 4.90 Å². The lowest BCUT2D eigenvalue weighted by Gasteiger charge is -2.23. The van der Waals surface area contributed by atoms with Crippen LogP contribution in [0.4, 0.5) is 0 Å². The van der Waals surface area contributed by atoms with Crippen molar-refractivity contribution in [2.45, 2.75) is 25.2 Å². The molecular weight excluding hydrogens is 284 g/mol. The van der Waals surface area contributed by atoms with Crippen LogP contribution in [0.15, 0.2) is 17.3 Å². The Bertz CT molecular complexity index is 537. The second kappa shape index (κ2) is 6.44. The molecule has 0 saturated heterocycles. The summed E-state index contributed by atoms with van der Waals surface area (Å²) in [5.74, 6) is 0.220.